The van der Waals surface area contributed by atoms with Crippen molar-refractivity contribution in [3.63, 3.8) is 0 Å². The highest BCUT2D eigenvalue weighted by Gasteiger charge is 2.07. The summed E-state index contributed by atoms with van der Waals surface area (Å²) in [7, 11) is 4.42. The fraction of sp³-hybridized carbons (Fsp3) is 0.400. The van der Waals surface area contributed by atoms with Crippen molar-refractivity contribution in [2.45, 2.75) is 27.7 Å². The fourth-order valence-electron chi connectivity index (χ4n) is 1.69. The van der Waals surface area contributed by atoms with Crippen LogP contribution in [0.15, 0.2) is 0 Å². The van der Waals surface area contributed by atoms with E-state index in [1.165, 1.54) is 33.2 Å². The Balaban J connectivity index is 3.60. The molecule has 12 heavy (non-hydrogen) atoms. The highest BCUT2D eigenvalue weighted by atomic mass is 14.1. The first kappa shape index (κ1) is 9.44. The Bertz CT molecular complexity index is 222. The average molecular weight is 158 g/mol. The van der Waals surface area contributed by atoms with Crippen LogP contribution < -0.4 is 10.9 Å². The van der Waals surface area contributed by atoms with E-state index in [2.05, 4.69) is 43.4 Å². The Morgan fingerprint density at radius 3 is 0.917 bits per heavy atom. The Labute approximate surface area is 77.2 Å². The van der Waals surface area contributed by atoms with Crippen LogP contribution >= 0.6 is 0 Å². The lowest BCUT2D eigenvalue weighted by Crippen LogP contribution is -2.25. The van der Waals surface area contributed by atoms with Crippen molar-refractivity contribution in [1.29, 1.82) is 0 Å². The minimum absolute atomic E-state index is 1.45. The Kier molecular flexibility index (Phi) is 2.36. The highest BCUT2D eigenvalue weighted by molar-refractivity contribution is 6.38. The van der Waals surface area contributed by atoms with Crippen LogP contribution in [0.1, 0.15) is 22.3 Å². The molecular formula is C10H16B2. The summed E-state index contributed by atoms with van der Waals surface area (Å²) >= 11 is 0. The topological polar surface area (TPSA) is 0 Å². The Morgan fingerprint density at radius 1 is 0.583 bits per heavy atom. The second kappa shape index (κ2) is 3.01. The lowest BCUT2D eigenvalue weighted by molar-refractivity contribution is 1.30. The molecule has 0 saturated carbocycles. The summed E-state index contributed by atoms with van der Waals surface area (Å²) in [5.41, 5.74) is 8.73. The van der Waals surface area contributed by atoms with Gasteiger partial charge in [-0.3, -0.25) is 0 Å². The summed E-state index contributed by atoms with van der Waals surface area (Å²) < 4.78 is 0. The van der Waals surface area contributed by atoms with Gasteiger partial charge in [0.2, 0.25) is 0 Å². The maximum absolute atomic E-state index is 2.21. The van der Waals surface area contributed by atoms with Gasteiger partial charge in [-0.15, -0.1) is 0 Å². The van der Waals surface area contributed by atoms with E-state index in [0.717, 1.165) is 0 Å². The molecule has 0 heterocycles. The van der Waals surface area contributed by atoms with Crippen LogP contribution in [0.2, 0.25) is 0 Å². The van der Waals surface area contributed by atoms with E-state index in [9.17, 15) is 0 Å². The van der Waals surface area contributed by atoms with Gasteiger partial charge in [0.15, 0.2) is 0 Å². The molecule has 1 rings (SSSR count). The smallest absolute Gasteiger partial charge is 0.0828 e. The van der Waals surface area contributed by atoms with Gasteiger partial charge in [-0.2, -0.15) is 0 Å². The van der Waals surface area contributed by atoms with Gasteiger partial charge in [0.25, 0.3) is 0 Å². The monoisotopic (exact) mass is 158 g/mol. The molecule has 0 nitrogen and oxygen atoms in total. The van der Waals surface area contributed by atoms with Gasteiger partial charge in [-0.25, -0.2) is 0 Å². The van der Waals surface area contributed by atoms with Crippen molar-refractivity contribution in [3.8, 4) is 0 Å². The van der Waals surface area contributed by atoms with Crippen molar-refractivity contribution in [2.75, 3.05) is 0 Å². The molecule has 1 aromatic carbocycles. The molecule has 0 spiro atoms. The zero-order valence-electron chi connectivity index (χ0n) is 9.00. The molecule has 1 aromatic rings. The summed E-state index contributed by atoms with van der Waals surface area (Å²) in [4.78, 5) is 0. The molecule has 0 amide bonds. The minimum Gasteiger partial charge on any atom is -0.0828 e. The van der Waals surface area contributed by atoms with E-state index in [1.54, 1.807) is 0 Å². The van der Waals surface area contributed by atoms with E-state index >= 15 is 0 Å². The molecule has 0 saturated heterocycles. The molecule has 0 bridgehead atoms. The molecule has 2 heteroatoms. The van der Waals surface area contributed by atoms with E-state index in [-0.39, 0.29) is 0 Å². The summed E-state index contributed by atoms with van der Waals surface area (Å²) in [5, 5.41) is 0. The summed E-state index contributed by atoms with van der Waals surface area (Å²) in [5.74, 6) is 0. The maximum atomic E-state index is 2.21. The van der Waals surface area contributed by atoms with Gasteiger partial charge >= 0.3 is 0 Å². The zero-order chi connectivity index (χ0) is 9.46. The standard InChI is InChI=1S/C10H16B2/c1-5-6(2)10(12)8(4)7(3)9(5)11/h11-12H2,1-4H3. The molecule has 0 aromatic heterocycles. The van der Waals surface area contributed by atoms with Crippen molar-refractivity contribution in [3.05, 3.63) is 22.3 Å². The van der Waals surface area contributed by atoms with Gasteiger partial charge in [-0.05, 0) is 27.7 Å². The SMILES string of the molecule is Bc1c(C)c(C)c(B)c(C)c1C. The van der Waals surface area contributed by atoms with Gasteiger partial charge in [-0.1, -0.05) is 33.2 Å². The summed E-state index contributed by atoms with van der Waals surface area (Å²) in [6.07, 6.45) is 0. The van der Waals surface area contributed by atoms with Crippen molar-refractivity contribution < 1.29 is 0 Å². The van der Waals surface area contributed by atoms with Crippen LogP contribution in [-0.4, -0.2) is 15.7 Å². The maximum Gasteiger partial charge on any atom is 0.140 e. The first-order valence-corrected chi connectivity index (χ1v) is 4.50. The predicted octanol–water partition coefficient (Wildman–Crippen LogP) is -0.563. The van der Waals surface area contributed by atoms with E-state index < -0.39 is 0 Å². The van der Waals surface area contributed by atoms with Crippen molar-refractivity contribution in [1.82, 2.24) is 0 Å². The highest BCUT2D eigenvalue weighted by Crippen LogP contribution is 2.07. The second-order valence-electron chi connectivity index (χ2n) is 3.75. The number of benzene rings is 1. The van der Waals surface area contributed by atoms with Crippen LogP contribution in [0.3, 0.4) is 0 Å². The zero-order valence-corrected chi connectivity index (χ0v) is 9.00. The van der Waals surface area contributed by atoms with Gasteiger partial charge in [0, 0.05) is 0 Å². The van der Waals surface area contributed by atoms with E-state index in [1.807, 2.05) is 0 Å². The van der Waals surface area contributed by atoms with Crippen LogP contribution in [-0.2, 0) is 0 Å². The first-order valence-electron chi connectivity index (χ1n) is 4.50. The third-order valence-corrected chi connectivity index (χ3v) is 3.38. The van der Waals surface area contributed by atoms with Crippen molar-refractivity contribution in [2.24, 2.45) is 0 Å². The molecule has 0 aliphatic heterocycles. The summed E-state index contributed by atoms with van der Waals surface area (Å²) in [6, 6.07) is 0. The number of hydrogen-bond donors (Lipinski definition) is 0. The molecule has 0 aliphatic rings. The van der Waals surface area contributed by atoms with Crippen LogP contribution in [0.5, 0.6) is 0 Å². The van der Waals surface area contributed by atoms with E-state index in [0.29, 0.717) is 0 Å². The first-order chi connectivity index (χ1) is 5.46. The number of rotatable bonds is 0. The Morgan fingerprint density at radius 2 is 0.750 bits per heavy atom. The van der Waals surface area contributed by atoms with Crippen molar-refractivity contribution >= 4 is 26.6 Å². The van der Waals surface area contributed by atoms with Crippen LogP contribution in [0.4, 0.5) is 0 Å². The molecule has 0 aliphatic carbocycles. The molecule has 0 radical (unpaired) electrons. The van der Waals surface area contributed by atoms with E-state index in [4.69, 9.17) is 0 Å². The molecule has 0 fully saturated rings. The van der Waals surface area contributed by atoms with Gasteiger partial charge in [0.05, 0.1) is 0 Å². The average Bonchev–Trinajstić information content (AvgIpc) is 2.08. The second-order valence-corrected chi connectivity index (χ2v) is 3.75. The third-order valence-electron chi connectivity index (χ3n) is 3.38. The molecule has 0 unspecified atom stereocenters. The largest absolute Gasteiger partial charge is 0.140 e. The molecule has 0 atom stereocenters. The number of hydrogen-bond acceptors (Lipinski definition) is 0. The van der Waals surface area contributed by atoms with Crippen LogP contribution in [0.25, 0.3) is 0 Å². The Hall–Kier alpha value is -0.650. The normalized spacial score (nSPS) is 10.3. The minimum atomic E-state index is 1.45. The third kappa shape index (κ3) is 1.20. The fourth-order valence-corrected chi connectivity index (χ4v) is 1.69. The lowest BCUT2D eigenvalue weighted by atomic mass is 9.75. The molecule has 62 valence electrons. The molecule has 0 N–H and O–H groups in total. The van der Waals surface area contributed by atoms with Gasteiger partial charge in [0.1, 0.15) is 15.7 Å². The van der Waals surface area contributed by atoms with Gasteiger partial charge < -0.3 is 0 Å². The quantitative estimate of drug-likeness (QED) is 0.443. The molecular weight excluding hydrogens is 142 g/mol. The lowest BCUT2D eigenvalue weighted by Gasteiger charge is -2.16. The predicted molar refractivity (Wildman–Crippen MR) is 61.7 cm³/mol. The summed E-state index contributed by atoms with van der Waals surface area (Å²) in [6.45, 7) is 8.85. The van der Waals surface area contributed by atoms with Crippen LogP contribution in [0, 0.1) is 27.7 Å².